The maximum atomic E-state index is 4.04. The lowest BCUT2D eigenvalue weighted by Gasteiger charge is -1.81. The molecule has 0 aliphatic carbocycles. The topological polar surface area (TPSA) is 17.8 Å². The second-order valence-corrected chi connectivity index (χ2v) is 1.75. The van der Waals surface area contributed by atoms with Gasteiger partial charge in [0, 0.05) is 19.7 Å². The second-order valence-electron chi connectivity index (χ2n) is 1.75. The van der Waals surface area contributed by atoms with Gasteiger partial charge < -0.3 is 4.57 Å². The summed E-state index contributed by atoms with van der Waals surface area (Å²) in [7, 11) is 1.96. The molecular formula is C6H9N2. The molecule has 0 amide bonds. The zero-order chi connectivity index (χ0) is 5.98. The molecule has 8 heavy (non-hydrogen) atoms. The van der Waals surface area contributed by atoms with Crippen LogP contribution < -0.4 is 0 Å². The molecule has 1 aromatic heterocycles. The minimum atomic E-state index is 1.03. The van der Waals surface area contributed by atoms with Crippen LogP contribution in [0.5, 0.6) is 0 Å². The summed E-state index contributed by atoms with van der Waals surface area (Å²) in [6.07, 6.45) is 5.73. The Morgan fingerprint density at radius 2 is 2.50 bits per heavy atom. The first-order valence-electron chi connectivity index (χ1n) is 2.60. The van der Waals surface area contributed by atoms with Crippen LogP contribution in [0, 0.1) is 6.42 Å². The average Bonchev–Trinajstić information content (AvgIpc) is 2.14. The van der Waals surface area contributed by atoms with Crippen molar-refractivity contribution in [3.8, 4) is 0 Å². The Labute approximate surface area is 49.2 Å². The van der Waals surface area contributed by atoms with Gasteiger partial charge in [0.05, 0.1) is 12.0 Å². The van der Waals surface area contributed by atoms with Crippen molar-refractivity contribution < 1.29 is 0 Å². The van der Waals surface area contributed by atoms with E-state index >= 15 is 0 Å². The number of hydrogen-bond acceptors (Lipinski definition) is 1. The van der Waals surface area contributed by atoms with Crippen LogP contribution in [-0.4, -0.2) is 9.55 Å². The van der Waals surface area contributed by atoms with E-state index in [1.165, 1.54) is 0 Å². The second kappa shape index (κ2) is 1.99. The van der Waals surface area contributed by atoms with Gasteiger partial charge in [0.1, 0.15) is 0 Å². The van der Waals surface area contributed by atoms with Crippen molar-refractivity contribution in [2.24, 2.45) is 7.05 Å². The summed E-state index contributed by atoms with van der Waals surface area (Å²) in [5.41, 5.74) is 1.03. The predicted molar refractivity (Wildman–Crippen MR) is 32.3 cm³/mol. The molecule has 0 fully saturated rings. The number of aromatic nitrogens is 2. The van der Waals surface area contributed by atoms with E-state index in [0.717, 1.165) is 5.69 Å². The van der Waals surface area contributed by atoms with Crippen LogP contribution in [0.25, 0.3) is 0 Å². The van der Waals surface area contributed by atoms with Crippen molar-refractivity contribution >= 4 is 0 Å². The summed E-state index contributed by atoms with van der Waals surface area (Å²) >= 11 is 0. The molecule has 2 nitrogen and oxygen atoms in total. The first-order valence-corrected chi connectivity index (χ1v) is 2.60. The minimum Gasteiger partial charge on any atom is -0.340 e. The molecule has 1 aromatic rings. The molecule has 1 radical (unpaired) electrons. The lowest BCUT2D eigenvalue weighted by Crippen LogP contribution is -1.77. The van der Waals surface area contributed by atoms with E-state index < -0.39 is 0 Å². The third-order valence-corrected chi connectivity index (χ3v) is 1.02. The Bertz CT molecular complexity index is 167. The molecule has 0 atom stereocenters. The van der Waals surface area contributed by atoms with Gasteiger partial charge in [0.2, 0.25) is 0 Å². The fourth-order valence-corrected chi connectivity index (χ4v) is 0.582. The van der Waals surface area contributed by atoms with Gasteiger partial charge in [-0.1, -0.05) is 6.92 Å². The van der Waals surface area contributed by atoms with E-state index in [1.807, 2.05) is 31.2 Å². The molecular weight excluding hydrogens is 100 g/mol. The fourth-order valence-electron chi connectivity index (χ4n) is 0.582. The molecule has 43 valence electrons. The summed E-state index contributed by atoms with van der Waals surface area (Å²) in [6.45, 7) is 1.97. The summed E-state index contributed by atoms with van der Waals surface area (Å²) < 4.78 is 1.93. The third kappa shape index (κ3) is 0.886. The number of aryl methyl sites for hydroxylation is 1. The van der Waals surface area contributed by atoms with Crippen molar-refractivity contribution in [1.82, 2.24) is 9.55 Å². The van der Waals surface area contributed by atoms with Crippen LogP contribution in [-0.2, 0) is 7.05 Å². The van der Waals surface area contributed by atoms with Crippen molar-refractivity contribution in [3.05, 3.63) is 24.6 Å². The quantitative estimate of drug-likeness (QED) is 0.526. The van der Waals surface area contributed by atoms with E-state index in [0.29, 0.717) is 0 Å². The standard InChI is InChI=1S/C6H9N2/c1-3-6-4-8(2)5-7-6/h3-5H,1-2H3. The van der Waals surface area contributed by atoms with Crippen molar-refractivity contribution in [3.63, 3.8) is 0 Å². The molecule has 0 N–H and O–H groups in total. The zero-order valence-electron chi connectivity index (χ0n) is 5.13. The van der Waals surface area contributed by atoms with Crippen LogP contribution in [0.15, 0.2) is 12.5 Å². The third-order valence-electron chi connectivity index (χ3n) is 1.02. The molecule has 0 spiro atoms. The van der Waals surface area contributed by atoms with Crippen LogP contribution >= 0.6 is 0 Å². The molecule has 0 bridgehead atoms. The Morgan fingerprint density at radius 3 is 2.75 bits per heavy atom. The van der Waals surface area contributed by atoms with E-state index in [-0.39, 0.29) is 0 Å². The van der Waals surface area contributed by atoms with Crippen LogP contribution in [0.2, 0.25) is 0 Å². The molecule has 0 aromatic carbocycles. The lowest BCUT2D eigenvalue weighted by molar-refractivity contribution is 0.913. The largest absolute Gasteiger partial charge is 0.340 e. The maximum absolute atomic E-state index is 4.04. The smallest absolute Gasteiger partial charge is 0.0946 e. The Balaban J connectivity index is 2.84. The lowest BCUT2D eigenvalue weighted by atomic mass is 10.4. The van der Waals surface area contributed by atoms with E-state index in [9.17, 15) is 0 Å². The van der Waals surface area contributed by atoms with Gasteiger partial charge in [-0.25, -0.2) is 4.98 Å². The van der Waals surface area contributed by atoms with Crippen molar-refractivity contribution in [2.75, 3.05) is 0 Å². The van der Waals surface area contributed by atoms with Gasteiger partial charge in [0.25, 0.3) is 0 Å². The molecule has 2 heteroatoms. The Kier molecular flexibility index (Phi) is 1.33. The monoisotopic (exact) mass is 109 g/mol. The zero-order valence-corrected chi connectivity index (χ0v) is 5.13. The van der Waals surface area contributed by atoms with Crippen molar-refractivity contribution in [1.29, 1.82) is 0 Å². The van der Waals surface area contributed by atoms with Crippen LogP contribution in [0.3, 0.4) is 0 Å². The highest BCUT2D eigenvalue weighted by Gasteiger charge is 1.88. The number of hydrogen-bond donors (Lipinski definition) is 0. The summed E-state index contributed by atoms with van der Waals surface area (Å²) in [5, 5.41) is 0. The molecule has 0 aliphatic heterocycles. The SMILES string of the molecule is C[CH]c1cn(C)cn1. The molecule has 1 rings (SSSR count). The van der Waals surface area contributed by atoms with Gasteiger partial charge in [-0.05, 0) is 0 Å². The van der Waals surface area contributed by atoms with Crippen molar-refractivity contribution in [2.45, 2.75) is 6.92 Å². The van der Waals surface area contributed by atoms with Gasteiger partial charge >= 0.3 is 0 Å². The summed E-state index contributed by atoms with van der Waals surface area (Å²) in [4.78, 5) is 4.04. The van der Waals surface area contributed by atoms with Gasteiger partial charge in [-0.3, -0.25) is 0 Å². The van der Waals surface area contributed by atoms with E-state index in [1.54, 1.807) is 6.33 Å². The van der Waals surface area contributed by atoms with Gasteiger partial charge in [-0.2, -0.15) is 0 Å². The Morgan fingerprint density at radius 1 is 1.75 bits per heavy atom. The van der Waals surface area contributed by atoms with E-state index in [2.05, 4.69) is 4.98 Å². The number of imidazole rings is 1. The first-order chi connectivity index (χ1) is 3.83. The predicted octanol–water partition coefficient (Wildman–Crippen LogP) is 0.992. The van der Waals surface area contributed by atoms with Gasteiger partial charge in [0.15, 0.2) is 0 Å². The van der Waals surface area contributed by atoms with Crippen LogP contribution in [0.4, 0.5) is 0 Å². The fraction of sp³-hybridized carbons (Fsp3) is 0.333. The Hall–Kier alpha value is -0.790. The first kappa shape index (κ1) is 5.35. The molecule has 0 saturated heterocycles. The highest BCUT2D eigenvalue weighted by Crippen LogP contribution is 1.94. The van der Waals surface area contributed by atoms with Gasteiger partial charge in [-0.15, -0.1) is 0 Å². The minimum absolute atomic E-state index is 1.03. The highest BCUT2D eigenvalue weighted by atomic mass is 15.0. The molecule has 0 unspecified atom stereocenters. The number of nitrogens with zero attached hydrogens (tertiary/aromatic N) is 2. The normalized spacial score (nSPS) is 9.75. The highest BCUT2D eigenvalue weighted by molar-refractivity contribution is 5.05. The number of rotatable bonds is 1. The summed E-state index contributed by atoms with van der Waals surface area (Å²) in [5.74, 6) is 0. The molecule has 1 heterocycles. The van der Waals surface area contributed by atoms with E-state index in [4.69, 9.17) is 0 Å². The average molecular weight is 109 g/mol. The molecule has 0 saturated carbocycles. The van der Waals surface area contributed by atoms with Crippen LogP contribution in [0.1, 0.15) is 12.6 Å². The maximum Gasteiger partial charge on any atom is 0.0946 e. The summed E-state index contributed by atoms with van der Waals surface area (Å²) in [6, 6.07) is 0. The molecule has 0 aliphatic rings.